The van der Waals surface area contributed by atoms with Crippen molar-refractivity contribution in [2.45, 2.75) is 45.2 Å². The zero-order valence-corrected chi connectivity index (χ0v) is 24.3. The lowest BCUT2D eigenvalue weighted by Gasteiger charge is -2.32. The van der Waals surface area contributed by atoms with E-state index in [2.05, 4.69) is 5.32 Å². The maximum absolute atomic E-state index is 14.0. The standard InChI is InChI=1S/C29H34ClN3O5S/c1-6-31-29(35)22(4)32(18-23-11-7-20(2)8-12-23)28(34)19-33(26-17-24(30)13-16-27(26)38-5)39(36,37)25-14-9-21(3)10-15-25/h7-17,22H,6,18-19H2,1-5H3,(H,31,35)/t22-/m0/s1. The summed E-state index contributed by atoms with van der Waals surface area (Å²) in [6, 6.07) is 17.6. The molecule has 39 heavy (non-hydrogen) atoms. The minimum atomic E-state index is -4.24. The lowest BCUT2D eigenvalue weighted by molar-refractivity contribution is -0.139. The van der Waals surface area contributed by atoms with E-state index >= 15 is 0 Å². The first-order valence-corrected chi connectivity index (χ1v) is 14.4. The fraction of sp³-hybridized carbons (Fsp3) is 0.310. The number of anilines is 1. The number of nitrogens with zero attached hydrogens (tertiary/aromatic N) is 2. The Kier molecular flexibility index (Phi) is 9.99. The van der Waals surface area contributed by atoms with Crippen molar-refractivity contribution in [2.75, 3.05) is 24.5 Å². The molecule has 3 aromatic rings. The van der Waals surface area contributed by atoms with Gasteiger partial charge in [0.1, 0.15) is 18.3 Å². The van der Waals surface area contributed by atoms with Gasteiger partial charge in [-0.3, -0.25) is 13.9 Å². The third kappa shape index (κ3) is 7.30. The summed E-state index contributed by atoms with van der Waals surface area (Å²) in [5, 5.41) is 3.02. The van der Waals surface area contributed by atoms with Crippen LogP contribution in [0.1, 0.15) is 30.5 Å². The average molecular weight is 572 g/mol. The molecule has 10 heteroatoms. The van der Waals surface area contributed by atoms with Crippen molar-refractivity contribution in [3.8, 4) is 5.75 Å². The number of ether oxygens (including phenoxy) is 1. The third-order valence-corrected chi connectivity index (χ3v) is 8.30. The Morgan fingerprint density at radius 1 is 0.974 bits per heavy atom. The van der Waals surface area contributed by atoms with E-state index in [4.69, 9.17) is 16.3 Å². The van der Waals surface area contributed by atoms with Gasteiger partial charge in [0.2, 0.25) is 11.8 Å². The summed E-state index contributed by atoms with van der Waals surface area (Å²) in [5.41, 5.74) is 2.85. The lowest BCUT2D eigenvalue weighted by Crippen LogP contribution is -2.51. The van der Waals surface area contributed by atoms with Crippen LogP contribution >= 0.6 is 11.6 Å². The van der Waals surface area contributed by atoms with Gasteiger partial charge in [0.05, 0.1) is 17.7 Å². The second-order valence-electron chi connectivity index (χ2n) is 9.22. The van der Waals surface area contributed by atoms with Crippen LogP contribution in [0.2, 0.25) is 5.02 Å². The van der Waals surface area contributed by atoms with Gasteiger partial charge < -0.3 is 15.0 Å². The van der Waals surface area contributed by atoms with Gasteiger partial charge in [-0.1, -0.05) is 59.1 Å². The Balaban J connectivity index is 2.09. The molecule has 0 fully saturated rings. The summed E-state index contributed by atoms with van der Waals surface area (Å²) in [4.78, 5) is 28.1. The summed E-state index contributed by atoms with van der Waals surface area (Å²) in [6.45, 7) is 7.14. The van der Waals surface area contributed by atoms with E-state index in [0.717, 1.165) is 21.0 Å². The first-order valence-electron chi connectivity index (χ1n) is 12.5. The van der Waals surface area contributed by atoms with E-state index in [-0.39, 0.29) is 33.8 Å². The maximum Gasteiger partial charge on any atom is 0.264 e. The molecule has 0 heterocycles. The molecule has 0 unspecified atom stereocenters. The first kappa shape index (κ1) is 30.0. The summed E-state index contributed by atoms with van der Waals surface area (Å²) >= 11 is 6.26. The van der Waals surface area contributed by atoms with Crippen molar-refractivity contribution < 1.29 is 22.7 Å². The minimum absolute atomic E-state index is 0.00443. The van der Waals surface area contributed by atoms with Crippen LogP contribution in [0.5, 0.6) is 5.75 Å². The van der Waals surface area contributed by atoms with Crippen LogP contribution in [0, 0.1) is 13.8 Å². The normalized spacial score (nSPS) is 11.9. The van der Waals surface area contributed by atoms with Crippen LogP contribution < -0.4 is 14.4 Å². The topological polar surface area (TPSA) is 96.0 Å². The molecule has 0 saturated carbocycles. The molecule has 0 aliphatic rings. The molecule has 0 aliphatic carbocycles. The Hall–Kier alpha value is -3.56. The van der Waals surface area contributed by atoms with Crippen molar-refractivity contribution in [1.29, 1.82) is 0 Å². The number of likely N-dealkylation sites (N-methyl/N-ethyl adjacent to an activating group) is 1. The Morgan fingerprint density at radius 3 is 2.13 bits per heavy atom. The number of hydrogen-bond acceptors (Lipinski definition) is 5. The molecule has 0 bridgehead atoms. The fourth-order valence-electron chi connectivity index (χ4n) is 4.00. The Bertz CT molecular complexity index is 1410. The van der Waals surface area contributed by atoms with Gasteiger partial charge in [-0.25, -0.2) is 8.42 Å². The highest BCUT2D eigenvalue weighted by atomic mass is 35.5. The van der Waals surface area contributed by atoms with Crippen molar-refractivity contribution in [3.05, 3.63) is 88.4 Å². The largest absolute Gasteiger partial charge is 0.495 e. The monoisotopic (exact) mass is 571 g/mol. The van der Waals surface area contributed by atoms with Gasteiger partial charge in [0.15, 0.2) is 0 Å². The SMILES string of the molecule is CCNC(=O)[C@H](C)N(Cc1ccc(C)cc1)C(=O)CN(c1cc(Cl)ccc1OC)S(=O)(=O)c1ccc(C)cc1. The molecular weight excluding hydrogens is 538 g/mol. The summed E-state index contributed by atoms with van der Waals surface area (Å²) in [6.07, 6.45) is 0. The molecule has 2 amide bonds. The molecule has 1 atom stereocenters. The van der Waals surface area contributed by atoms with Gasteiger partial charge in [-0.15, -0.1) is 0 Å². The van der Waals surface area contributed by atoms with E-state index < -0.39 is 28.5 Å². The van der Waals surface area contributed by atoms with Crippen LogP contribution in [0.25, 0.3) is 0 Å². The average Bonchev–Trinajstić information content (AvgIpc) is 2.91. The lowest BCUT2D eigenvalue weighted by atomic mass is 10.1. The molecule has 8 nitrogen and oxygen atoms in total. The first-order chi connectivity index (χ1) is 18.5. The number of hydrogen-bond donors (Lipinski definition) is 1. The predicted molar refractivity (Wildman–Crippen MR) is 154 cm³/mol. The molecule has 0 saturated heterocycles. The van der Waals surface area contributed by atoms with Gasteiger partial charge in [0.25, 0.3) is 10.0 Å². The number of sulfonamides is 1. The van der Waals surface area contributed by atoms with E-state index in [0.29, 0.717) is 6.54 Å². The van der Waals surface area contributed by atoms with E-state index in [1.54, 1.807) is 38.1 Å². The summed E-state index contributed by atoms with van der Waals surface area (Å²) in [5.74, 6) is -0.678. The Labute approximate surface area is 235 Å². The van der Waals surface area contributed by atoms with E-state index in [9.17, 15) is 18.0 Å². The van der Waals surface area contributed by atoms with Gasteiger partial charge in [0, 0.05) is 18.1 Å². The predicted octanol–water partition coefficient (Wildman–Crippen LogP) is 4.71. The second kappa shape index (κ2) is 13.0. The van der Waals surface area contributed by atoms with Crippen LogP contribution in [0.15, 0.2) is 71.6 Å². The zero-order chi connectivity index (χ0) is 28.7. The van der Waals surface area contributed by atoms with Gasteiger partial charge in [-0.05, 0) is 63.6 Å². The quantitative estimate of drug-likeness (QED) is 0.359. The van der Waals surface area contributed by atoms with Crippen molar-refractivity contribution in [1.82, 2.24) is 10.2 Å². The highest BCUT2D eigenvalue weighted by Gasteiger charge is 2.33. The molecule has 3 aromatic carbocycles. The van der Waals surface area contributed by atoms with Crippen LogP contribution in [0.3, 0.4) is 0 Å². The van der Waals surface area contributed by atoms with Gasteiger partial charge >= 0.3 is 0 Å². The van der Waals surface area contributed by atoms with Gasteiger partial charge in [-0.2, -0.15) is 0 Å². The van der Waals surface area contributed by atoms with E-state index in [1.807, 2.05) is 38.1 Å². The molecule has 0 spiro atoms. The molecule has 0 radical (unpaired) electrons. The second-order valence-corrected chi connectivity index (χ2v) is 11.5. The van der Waals surface area contributed by atoms with Crippen LogP contribution in [-0.2, 0) is 26.2 Å². The third-order valence-electron chi connectivity index (χ3n) is 6.29. The van der Waals surface area contributed by atoms with Crippen LogP contribution in [0.4, 0.5) is 5.69 Å². The molecule has 0 aromatic heterocycles. The number of nitrogens with one attached hydrogen (secondary N) is 1. The Morgan fingerprint density at radius 2 is 1.56 bits per heavy atom. The number of carbonyl (C=O) groups is 2. The zero-order valence-electron chi connectivity index (χ0n) is 22.8. The summed E-state index contributed by atoms with van der Waals surface area (Å²) < 4.78 is 34.3. The molecule has 3 rings (SSSR count). The number of carbonyl (C=O) groups excluding carboxylic acids is 2. The molecule has 208 valence electrons. The number of rotatable bonds is 11. The van der Waals surface area contributed by atoms with E-state index in [1.165, 1.54) is 30.2 Å². The summed E-state index contributed by atoms with van der Waals surface area (Å²) in [7, 11) is -2.83. The maximum atomic E-state index is 14.0. The highest BCUT2D eigenvalue weighted by Crippen LogP contribution is 2.35. The van der Waals surface area contributed by atoms with Crippen molar-refractivity contribution in [2.24, 2.45) is 0 Å². The molecule has 0 aliphatic heterocycles. The fourth-order valence-corrected chi connectivity index (χ4v) is 5.59. The molecule has 1 N–H and O–H groups in total. The van der Waals surface area contributed by atoms with Crippen LogP contribution in [-0.4, -0.2) is 51.4 Å². The minimum Gasteiger partial charge on any atom is -0.495 e. The molecular formula is C29H34ClN3O5S. The highest BCUT2D eigenvalue weighted by molar-refractivity contribution is 7.92. The van der Waals surface area contributed by atoms with Crippen molar-refractivity contribution >= 4 is 39.1 Å². The number of methoxy groups -OCH3 is 1. The number of halogens is 1. The number of amides is 2. The number of aryl methyl sites for hydroxylation is 2. The smallest absolute Gasteiger partial charge is 0.264 e. The van der Waals surface area contributed by atoms with Crippen molar-refractivity contribution in [3.63, 3.8) is 0 Å². The number of benzene rings is 3.